The van der Waals surface area contributed by atoms with Gasteiger partial charge in [0.2, 0.25) is 0 Å². The van der Waals surface area contributed by atoms with Crippen LogP contribution in [-0.4, -0.2) is 25.7 Å². The summed E-state index contributed by atoms with van der Waals surface area (Å²) in [4.78, 5) is 25.1. The fourth-order valence-electron chi connectivity index (χ4n) is 2.30. The van der Waals surface area contributed by atoms with Gasteiger partial charge in [0.25, 0.3) is 0 Å². The molecule has 0 heterocycles. The van der Waals surface area contributed by atoms with Crippen LogP contribution in [0, 0.1) is 12.3 Å². The van der Waals surface area contributed by atoms with E-state index in [1.165, 1.54) is 7.11 Å². The van der Waals surface area contributed by atoms with Gasteiger partial charge in [-0.3, -0.25) is 9.59 Å². The van der Waals surface area contributed by atoms with E-state index in [2.05, 4.69) is 0 Å². The quantitative estimate of drug-likeness (QED) is 0.415. The fourth-order valence-corrected chi connectivity index (χ4v) is 2.30. The maximum Gasteiger partial charge on any atom is 0.328 e. The van der Waals surface area contributed by atoms with Crippen LogP contribution in [0.2, 0.25) is 0 Å². The zero-order valence-electron chi connectivity index (χ0n) is 14.6. The molecule has 0 saturated heterocycles. The predicted octanol–water partition coefficient (Wildman–Crippen LogP) is 3.67. The fraction of sp³-hybridized carbons (Fsp3) is 0.556. The van der Waals surface area contributed by atoms with Crippen molar-refractivity contribution >= 4 is 11.9 Å². The largest absolute Gasteiger partial charge is 0.493 e. The Balaban J connectivity index is 3.07. The summed E-state index contributed by atoms with van der Waals surface area (Å²) in [6, 6.07) is 5.30. The molecule has 0 amide bonds. The van der Waals surface area contributed by atoms with Crippen molar-refractivity contribution in [2.24, 2.45) is 5.41 Å². The van der Waals surface area contributed by atoms with Gasteiger partial charge in [-0.25, -0.2) is 0 Å². The van der Waals surface area contributed by atoms with Gasteiger partial charge in [0.15, 0.2) is 16.9 Å². The first kappa shape index (κ1) is 19.0. The summed E-state index contributed by atoms with van der Waals surface area (Å²) in [6.45, 7) is 7.65. The molecule has 0 radical (unpaired) electrons. The number of hydrogen-bond donors (Lipinski definition) is 0. The lowest BCUT2D eigenvalue weighted by Crippen LogP contribution is -2.42. The van der Waals surface area contributed by atoms with Gasteiger partial charge in [-0.1, -0.05) is 26.8 Å². The summed E-state index contributed by atoms with van der Waals surface area (Å²) in [5.41, 5.74) is -0.357. The summed E-state index contributed by atoms with van der Waals surface area (Å²) in [6.07, 6.45) is 1.34. The van der Waals surface area contributed by atoms with Gasteiger partial charge in [0.1, 0.15) is 0 Å². The molecular weight excluding hydrogens is 296 g/mol. The smallest absolute Gasteiger partial charge is 0.328 e. The Morgan fingerprint density at radius 1 is 1.04 bits per heavy atom. The number of methoxy groups -OCH3 is 1. The van der Waals surface area contributed by atoms with Gasteiger partial charge in [-0.2, -0.15) is 0 Å². The zero-order chi connectivity index (χ0) is 17.5. The molecule has 5 nitrogen and oxygen atoms in total. The first-order chi connectivity index (χ1) is 10.9. The van der Waals surface area contributed by atoms with Crippen molar-refractivity contribution in [1.29, 1.82) is 0 Å². The number of ether oxygens (including phenoxy) is 3. The topological polar surface area (TPSA) is 61.8 Å². The molecule has 1 aromatic rings. The molecule has 0 aliphatic heterocycles. The highest BCUT2D eigenvalue weighted by molar-refractivity contribution is 6.00. The molecule has 0 bridgehead atoms. The number of esters is 2. The zero-order valence-corrected chi connectivity index (χ0v) is 14.6. The predicted molar refractivity (Wildman–Crippen MR) is 87.6 cm³/mol. The Labute approximate surface area is 137 Å². The average Bonchev–Trinajstić information content (AvgIpc) is 2.54. The SMILES string of the molecule is CCCOC(=O)C(CC)(CC)C(=O)Oc1cc(C)ccc1OC. The molecule has 23 heavy (non-hydrogen) atoms. The Morgan fingerprint density at radius 2 is 1.70 bits per heavy atom. The second-order valence-electron chi connectivity index (χ2n) is 5.47. The van der Waals surface area contributed by atoms with Gasteiger partial charge in [-0.15, -0.1) is 0 Å². The van der Waals surface area contributed by atoms with E-state index in [1.807, 2.05) is 19.9 Å². The van der Waals surface area contributed by atoms with Gasteiger partial charge in [0, 0.05) is 0 Å². The molecule has 0 aromatic heterocycles. The third-order valence-corrected chi connectivity index (χ3v) is 3.95. The lowest BCUT2D eigenvalue weighted by atomic mass is 9.82. The lowest BCUT2D eigenvalue weighted by Gasteiger charge is -2.27. The third-order valence-electron chi connectivity index (χ3n) is 3.95. The minimum atomic E-state index is -1.29. The van der Waals surface area contributed by atoms with Crippen molar-refractivity contribution in [2.45, 2.75) is 47.0 Å². The van der Waals surface area contributed by atoms with Gasteiger partial charge >= 0.3 is 11.9 Å². The molecule has 0 atom stereocenters. The monoisotopic (exact) mass is 322 g/mol. The van der Waals surface area contributed by atoms with Crippen molar-refractivity contribution in [3.63, 3.8) is 0 Å². The van der Waals surface area contributed by atoms with Gasteiger partial charge in [-0.05, 0) is 43.9 Å². The Bertz CT molecular complexity index is 546. The third kappa shape index (κ3) is 4.24. The van der Waals surface area contributed by atoms with Crippen LogP contribution in [0.3, 0.4) is 0 Å². The standard InChI is InChI=1S/C18H26O5/c1-6-11-22-16(19)18(7-2,8-3)17(20)23-15-12-13(4)9-10-14(15)21-5/h9-10,12H,6-8,11H2,1-5H3. The number of hydrogen-bond acceptors (Lipinski definition) is 5. The second-order valence-corrected chi connectivity index (χ2v) is 5.47. The van der Waals surface area contributed by atoms with E-state index in [0.29, 0.717) is 37.4 Å². The maximum absolute atomic E-state index is 12.7. The molecule has 128 valence electrons. The van der Waals surface area contributed by atoms with Crippen molar-refractivity contribution in [1.82, 2.24) is 0 Å². The summed E-state index contributed by atoms with van der Waals surface area (Å²) in [7, 11) is 1.50. The maximum atomic E-state index is 12.7. The highest BCUT2D eigenvalue weighted by Gasteiger charge is 2.46. The summed E-state index contributed by atoms with van der Waals surface area (Å²) in [5.74, 6) is -0.368. The van der Waals surface area contributed by atoms with E-state index in [9.17, 15) is 9.59 Å². The van der Waals surface area contributed by atoms with Crippen LogP contribution in [0.25, 0.3) is 0 Å². The summed E-state index contributed by atoms with van der Waals surface area (Å²) >= 11 is 0. The lowest BCUT2D eigenvalue weighted by molar-refractivity contribution is -0.168. The van der Waals surface area contributed by atoms with Crippen LogP contribution in [0.4, 0.5) is 0 Å². The van der Waals surface area contributed by atoms with Gasteiger partial charge < -0.3 is 14.2 Å². The van der Waals surface area contributed by atoms with Crippen LogP contribution in [0.5, 0.6) is 11.5 Å². The van der Waals surface area contributed by atoms with E-state index in [1.54, 1.807) is 26.0 Å². The highest BCUT2D eigenvalue weighted by Crippen LogP contribution is 2.34. The van der Waals surface area contributed by atoms with Crippen LogP contribution in [0.1, 0.15) is 45.6 Å². The first-order valence-electron chi connectivity index (χ1n) is 7.99. The number of aryl methyl sites for hydroxylation is 1. The molecular formula is C18H26O5. The molecule has 0 aliphatic rings. The van der Waals surface area contributed by atoms with Crippen molar-refractivity contribution in [3.05, 3.63) is 23.8 Å². The minimum absolute atomic E-state index is 0.293. The number of rotatable bonds is 8. The summed E-state index contributed by atoms with van der Waals surface area (Å²) in [5, 5.41) is 0. The van der Waals surface area contributed by atoms with Crippen molar-refractivity contribution in [3.8, 4) is 11.5 Å². The van der Waals surface area contributed by atoms with E-state index in [-0.39, 0.29) is 0 Å². The number of carbonyl (C=O) groups excluding carboxylic acids is 2. The summed E-state index contributed by atoms with van der Waals surface area (Å²) < 4.78 is 15.9. The van der Waals surface area contributed by atoms with Crippen molar-refractivity contribution < 1.29 is 23.8 Å². The van der Waals surface area contributed by atoms with E-state index >= 15 is 0 Å². The average molecular weight is 322 g/mol. The van der Waals surface area contributed by atoms with Crippen LogP contribution < -0.4 is 9.47 Å². The number of benzene rings is 1. The Morgan fingerprint density at radius 3 is 2.22 bits per heavy atom. The molecule has 0 fully saturated rings. The van der Waals surface area contributed by atoms with Crippen LogP contribution in [0.15, 0.2) is 18.2 Å². The molecule has 5 heteroatoms. The highest BCUT2D eigenvalue weighted by atomic mass is 16.6. The van der Waals surface area contributed by atoms with E-state index < -0.39 is 17.4 Å². The molecule has 0 saturated carbocycles. The molecule has 0 spiro atoms. The molecule has 0 aliphatic carbocycles. The van der Waals surface area contributed by atoms with E-state index in [0.717, 1.165) is 5.56 Å². The second kappa shape index (κ2) is 8.56. The molecule has 1 rings (SSSR count). The molecule has 0 unspecified atom stereocenters. The normalized spacial score (nSPS) is 11.0. The minimum Gasteiger partial charge on any atom is -0.493 e. The van der Waals surface area contributed by atoms with E-state index in [4.69, 9.17) is 14.2 Å². The Kier molecular flexibility index (Phi) is 7.07. The first-order valence-corrected chi connectivity index (χ1v) is 7.99. The van der Waals surface area contributed by atoms with Crippen LogP contribution in [-0.2, 0) is 14.3 Å². The molecule has 0 N–H and O–H groups in total. The van der Waals surface area contributed by atoms with Crippen LogP contribution >= 0.6 is 0 Å². The Hall–Kier alpha value is -2.04. The number of carbonyl (C=O) groups is 2. The van der Waals surface area contributed by atoms with Gasteiger partial charge in [0.05, 0.1) is 13.7 Å². The molecule has 1 aromatic carbocycles. The van der Waals surface area contributed by atoms with Crippen molar-refractivity contribution in [2.75, 3.05) is 13.7 Å².